The van der Waals surface area contributed by atoms with Gasteiger partial charge in [0.2, 0.25) is 5.76 Å². The lowest BCUT2D eigenvalue weighted by atomic mass is 9.97. The van der Waals surface area contributed by atoms with E-state index in [1.807, 2.05) is 60.7 Å². The van der Waals surface area contributed by atoms with Gasteiger partial charge in [0.05, 0.1) is 13.2 Å². The predicted octanol–water partition coefficient (Wildman–Crippen LogP) is 4.97. The number of furan rings is 1. The molecule has 0 aliphatic heterocycles. The number of rotatable bonds is 6. The van der Waals surface area contributed by atoms with Crippen molar-refractivity contribution in [3.63, 3.8) is 0 Å². The Labute approximate surface area is 157 Å². The first-order valence-electron chi connectivity index (χ1n) is 8.79. The normalized spacial score (nSPS) is 10.4. The van der Waals surface area contributed by atoms with Gasteiger partial charge in [0.25, 0.3) is 0 Å². The van der Waals surface area contributed by atoms with Crippen molar-refractivity contribution in [3.05, 3.63) is 72.0 Å². The quantitative estimate of drug-likeness (QED) is 0.578. The van der Waals surface area contributed by atoms with Crippen molar-refractivity contribution in [2.75, 3.05) is 13.2 Å². The zero-order valence-electron chi connectivity index (χ0n) is 15.2. The van der Waals surface area contributed by atoms with E-state index < -0.39 is 11.9 Å². The summed E-state index contributed by atoms with van der Waals surface area (Å²) in [4.78, 5) is 25.2. The summed E-state index contributed by atoms with van der Waals surface area (Å²) < 4.78 is 16.2. The van der Waals surface area contributed by atoms with Crippen LogP contribution >= 0.6 is 0 Å². The van der Waals surface area contributed by atoms with E-state index in [1.165, 1.54) is 0 Å². The highest BCUT2D eigenvalue weighted by molar-refractivity contribution is 6.09. The maximum atomic E-state index is 12.7. The van der Waals surface area contributed by atoms with Gasteiger partial charge in [0, 0.05) is 11.1 Å². The number of hydrogen-bond donors (Lipinski definition) is 0. The Morgan fingerprint density at radius 2 is 1.30 bits per heavy atom. The molecule has 2 aromatic carbocycles. The van der Waals surface area contributed by atoms with Gasteiger partial charge in [-0.25, -0.2) is 9.59 Å². The Balaban J connectivity index is 2.31. The summed E-state index contributed by atoms with van der Waals surface area (Å²) in [6.45, 7) is 3.76. The zero-order chi connectivity index (χ0) is 19.2. The van der Waals surface area contributed by atoms with Crippen LogP contribution in [0, 0.1) is 0 Å². The summed E-state index contributed by atoms with van der Waals surface area (Å²) in [7, 11) is 0. The number of carbonyl (C=O) groups is 2. The molecule has 0 saturated carbocycles. The van der Waals surface area contributed by atoms with Gasteiger partial charge < -0.3 is 13.9 Å². The van der Waals surface area contributed by atoms with Crippen LogP contribution in [0.3, 0.4) is 0 Å². The van der Waals surface area contributed by atoms with Gasteiger partial charge in [0.15, 0.2) is 0 Å². The molecule has 0 saturated heterocycles. The van der Waals surface area contributed by atoms with Gasteiger partial charge in [-0.3, -0.25) is 0 Å². The minimum Gasteiger partial charge on any atom is -0.462 e. The van der Waals surface area contributed by atoms with Gasteiger partial charge in [-0.05, 0) is 19.4 Å². The first kappa shape index (κ1) is 18.5. The van der Waals surface area contributed by atoms with Crippen LogP contribution in [0.25, 0.3) is 22.5 Å². The minimum atomic E-state index is -0.695. The van der Waals surface area contributed by atoms with Crippen molar-refractivity contribution in [2.45, 2.75) is 13.8 Å². The molecule has 5 heteroatoms. The van der Waals surface area contributed by atoms with Crippen molar-refractivity contribution in [1.82, 2.24) is 0 Å². The molecule has 1 heterocycles. The molecule has 0 aliphatic rings. The third-order valence-electron chi connectivity index (χ3n) is 3.95. The summed E-state index contributed by atoms with van der Waals surface area (Å²) in [6.07, 6.45) is 0. The van der Waals surface area contributed by atoms with E-state index in [1.54, 1.807) is 13.8 Å². The molecular formula is C22H20O5. The fourth-order valence-corrected chi connectivity index (χ4v) is 2.84. The summed E-state index contributed by atoms with van der Waals surface area (Å²) >= 11 is 0. The van der Waals surface area contributed by atoms with Gasteiger partial charge in [-0.15, -0.1) is 0 Å². The van der Waals surface area contributed by atoms with Crippen LogP contribution < -0.4 is 0 Å². The molecule has 0 aliphatic carbocycles. The lowest BCUT2D eigenvalue weighted by molar-refractivity contribution is 0.0453. The predicted molar refractivity (Wildman–Crippen MR) is 101 cm³/mol. The van der Waals surface area contributed by atoms with Crippen LogP contribution in [-0.4, -0.2) is 25.2 Å². The number of ether oxygens (including phenoxy) is 2. The molecule has 27 heavy (non-hydrogen) atoms. The Bertz CT molecular complexity index is 926. The molecule has 5 nitrogen and oxygen atoms in total. The van der Waals surface area contributed by atoms with Crippen LogP contribution in [0.4, 0.5) is 0 Å². The van der Waals surface area contributed by atoms with Crippen LogP contribution in [-0.2, 0) is 9.47 Å². The second-order valence-electron chi connectivity index (χ2n) is 5.68. The molecule has 0 atom stereocenters. The van der Waals surface area contributed by atoms with E-state index in [0.29, 0.717) is 11.3 Å². The Morgan fingerprint density at radius 3 is 1.85 bits per heavy atom. The molecule has 0 spiro atoms. The lowest BCUT2D eigenvalue weighted by Gasteiger charge is -2.07. The summed E-state index contributed by atoms with van der Waals surface area (Å²) in [5.41, 5.74) is 2.10. The highest BCUT2D eigenvalue weighted by Gasteiger charge is 2.32. The van der Waals surface area contributed by atoms with Gasteiger partial charge >= 0.3 is 11.9 Å². The Morgan fingerprint density at radius 1 is 0.778 bits per heavy atom. The molecule has 0 amide bonds. The number of esters is 2. The highest BCUT2D eigenvalue weighted by Crippen LogP contribution is 2.40. The first-order chi connectivity index (χ1) is 13.2. The van der Waals surface area contributed by atoms with E-state index in [4.69, 9.17) is 13.9 Å². The van der Waals surface area contributed by atoms with E-state index >= 15 is 0 Å². The standard InChI is InChI=1S/C22H20O5/c1-3-25-21(23)18-17(15-11-7-5-8-12-15)19(16-13-9-6-10-14-16)27-20(18)22(24)26-4-2/h5-14H,3-4H2,1-2H3. The molecule has 0 fully saturated rings. The topological polar surface area (TPSA) is 65.7 Å². The van der Waals surface area contributed by atoms with E-state index in [9.17, 15) is 9.59 Å². The molecule has 3 aromatic rings. The van der Waals surface area contributed by atoms with E-state index in [0.717, 1.165) is 11.1 Å². The average Bonchev–Trinajstić information content (AvgIpc) is 3.10. The van der Waals surface area contributed by atoms with Crippen molar-refractivity contribution in [2.24, 2.45) is 0 Å². The monoisotopic (exact) mass is 364 g/mol. The van der Waals surface area contributed by atoms with Crippen molar-refractivity contribution in [1.29, 1.82) is 0 Å². The first-order valence-corrected chi connectivity index (χ1v) is 8.79. The SMILES string of the molecule is CCOC(=O)c1oc(-c2ccccc2)c(-c2ccccc2)c1C(=O)OCC. The third kappa shape index (κ3) is 3.77. The van der Waals surface area contributed by atoms with Crippen LogP contribution in [0.1, 0.15) is 34.8 Å². The van der Waals surface area contributed by atoms with Crippen LogP contribution in [0.2, 0.25) is 0 Å². The maximum absolute atomic E-state index is 12.7. The molecule has 0 N–H and O–H groups in total. The fourth-order valence-electron chi connectivity index (χ4n) is 2.84. The minimum absolute atomic E-state index is 0.0837. The van der Waals surface area contributed by atoms with Crippen molar-refractivity contribution >= 4 is 11.9 Å². The van der Waals surface area contributed by atoms with Crippen LogP contribution in [0.5, 0.6) is 0 Å². The van der Waals surface area contributed by atoms with Crippen molar-refractivity contribution < 1.29 is 23.5 Å². The molecule has 3 rings (SSSR count). The van der Waals surface area contributed by atoms with Crippen LogP contribution in [0.15, 0.2) is 65.1 Å². The molecule has 0 unspecified atom stereocenters. The summed E-state index contributed by atoms with van der Waals surface area (Å²) in [5, 5.41) is 0. The maximum Gasteiger partial charge on any atom is 0.375 e. The summed E-state index contributed by atoms with van der Waals surface area (Å²) in [6, 6.07) is 18.6. The van der Waals surface area contributed by atoms with Gasteiger partial charge in [-0.1, -0.05) is 60.7 Å². The van der Waals surface area contributed by atoms with E-state index in [2.05, 4.69) is 0 Å². The molecule has 1 aromatic heterocycles. The number of benzene rings is 2. The number of carbonyl (C=O) groups excluding carboxylic acids is 2. The van der Waals surface area contributed by atoms with Gasteiger partial charge in [-0.2, -0.15) is 0 Å². The second kappa shape index (κ2) is 8.36. The molecule has 0 bridgehead atoms. The third-order valence-corrected chi connectivity index (χ3v) is 3.95. The van der Waals surface area contributed by atoms with Gasteiger partial charge in [0.1, 0.15) is 11.3 Å². The van der Waals surface area contributed by atoms with Crippen molar-refractivity contribution in [3.8, 4) is 22.5 Å². The molecule has 138 valence electrons. The summed E-state index contributed by atoms with van der Waals surface area (Å²) in [5.74, 6) is -1.04. The Kier molecular flexibility index (Phi) is 5.71. The van der Waals surface area contributed by atoms with E-state index in [-0.39, 0.29) is 24.5 Å². The zero-order valence-corrected chi connectivity index (χ0v) is 15.2. The molecular weight excluding hydrogens is 344 g/mol. The molecule has 0 radical (unpaired) electrons. The largest absolute Gasteiger partial charge is 0.462 e. The highest BCUT2D eigenvalue weighted by atomic mass is 16.5. The number of hydrogen-bond acceptors (Lipinski definition) is 5. The fraction of sp³-hybridized carbons (Fsp3) is 0.182. The lowest BCUT2D eigenvalue weighted by Crippen LogP contribution is -2.12. The Hall–Kier alpha value is -3.34. The smallest absolute Gasteiger partial charge is 0.375 e. The second-order valence-corrected chi connectivity index (χ2v) is 5.68. The average molecular weight is 364 g/mol.